The fourth-order valence-electron chi connectivity index (χ4n) is 4.24. The molecule has 0 heterocycles. The van der Waals surface area contributed by atoms with Gasteiger partial charge in [-0.3, -0.25) is 14.4 Å². The first-order valence-corrected chi connectivity index (χ1v) is 8.17. The summed E-state index contributed by atoms with van der Waals surface area (Å²) in [6.45, 7) is 5.77. The molecule has 2 bridgehead atoms. The molecule has 1 amide bonds. The summed E-state index contributed by atoms with van der Waals surface area (Å²) in [6, 6.07) is 7.23. The maximum atomic E-state index is 12.9. The number of hydrogen-bond acceptors (Lipinski definition) is 3. The Kier molecular flexibility index (Phi) is 3.45. The van der Waals surface area contributed by atoms with Crippen LogP contribution in [0.5, 0.6) is 0 Å². The maximum Gasteiger partial charge on any atom is 0.235 e. The lowest BCUT2D eigenvalue weighted by Gasteiger charge is -2.37. The summed E-state index contributed by atoms with van der Waals surface area (Å²) in [6.07, 6.45) is 1.000. The van der Waals surface area contributed by atoms with Crippen molar-refractivity contribution in [3.05, 3.63) is 34.9 Å². The number of ketones is 2. The lowest BCUT2D eigenvalue weighted by Crippen LogP contribution is -2.50. The van der Waals surface area contributed by atoms with Gasteiger partial charge in [0.2, 0.25) is 17.5 Å². The van der Waals surface area contributed by atoms with E-state index in [-0.39, 0.29) is 12.5 Å². The molecule has 23 heavy (non-hydrogen) atoms. The largest absolute Gasteiger partial charge is 0.351 e. The third-order valence-electron chi connectivity index (χ3n) is 6.33. The van der Waals surface area contributed by atoms with Crippen molar-refractivity contribution in [3.63, 3.8) is 0 Å². The minimum absolute atomic E-state index is 0.245. The van der Waals surface area contributed by atoms with Crippen molar-refractivity contribution in [3.8, 4) is 0 Å². The first-order chi connectivity index (χ1) is 10.7. The molecule has 2 unspecified atom stereocenters. The van der Waals surface area contributed by atoms with E-state index in [1.807, 2.05) is 39.0 Å². The van der Waals surface area contributed by atoms with Gasteiger partial charge < -0.3 is 5.32 Å². The van der Waals surface area contributed by atoms with Crippen molar-refractivity contribution in [1.29, 1.82) is 0 Å². The molecule has 0 aromatic heterocycles. The second kappa shape index (κ2) is 4.91. The number of fused-ring (bicyclic) bond motifs is 2. The van der Waals surface area contributed by atoms with Gasteiger partial charge in [-0.15, -0.1) is 0 Å². The van der Waals surface area contributed by atoms with Crippen LogP contribution in [-0.2, 0) is 20.9 Å². The quantitative estimate of drug-likeness (QED) is 0.683. The highest BCUT2D eigenvalue weighted by Gasteiger charge is 2.77. The first kappa shape index (κ1) is 16.2. The van der Waals surface area contributed by atoms with Crippen molar-refractivity contribution in [2.24, 2.45) is 16.2 Å². The number of benzene rings is 1. The van der Waals surface area contributed by atoms with E-state index in [1.165, 1.54) is 0 Å². The second-order valence-electron chi connectivity index (χ2n) is 7.29. The number of carbonyl (C=O) groups excluding carboxylic acids is 3. The van der Waals surface area contributed by atoms with Crippen molar-refractivity contribution in [1.82, 2.24) is 5.32 Å². The third-order valence-corrected chi connectivity index (χ3v) is 6.69. The molecule has 5 heteroatoms. The fourth-order valence-corrected chi connectivity index (χ4v) is 4.44. The Balaban J connectivity index is 1.89. The Morgan fingerprint density at radius 2 is 1.78 bits per heavy atom. The summed E-state index contributed by atoms with van der Waals surface area (Å²) < 4.78 is 0. The van der Waals surface area contributed by atoms with E-state index in [0.29, 0.717) is 17.9 Å². The molecule has 2 aliphatic carbocycles. The molecule has 3 rings (SSSR count). The number of amides is 1. The standard InChI is InChI=1S/C18H20ClNO3/c1-16(2)17(3)8-9-18(16,14(22)13(17)21)15(23)20-10-11-6-4-5-7-12(11)19/h4-7H,8-10H2,1-3H3,(H,20,23). The minimum atomic E-state index is -1.25. The Labute approximate surface area is 140 Å². The molecule has 1 N–H and O–H groups in total. The summed E-state index contributed by atoms with van der Waals surface area (Å²) >= 11 is 6.10. The molecule has 1 aromatic rings. The normalized spacial score (nSPS) is 31.5. The van der Waals surface area contributed by atoms with Crippen LogP contribution in [-0.4, -0.2) is 17.5 Å². The van der Waals surface area contributed by atoms with Crippen LogP contribution in [0.25, 0.3) is 0 Å². The number of nitrogens with one attached hydrogen (secondary N) is 1. The van der Waals surface area contributed by atoms with E-state index >= 15 is 0 Å². The minimum Gasteiger partial charge on any atom is -0.351 e. The SMILES string of the molecule is CC12CCC(C(=O)NCc3ccccc3Cl)(C(=O)C1=O)C2(C)C. The van der Waals surface area contributed by atoms with E-state index in [4.69, 9.17) is 11.6 Å². The monoisotopic (exact) mass is 333 g/mol. The van der Waals surface area contributed by atoms with E-state index in [1.54, 1.807) is 6.07 Å². The molecule has 0 spiro atoms. The van der Waals surface area contributed by atoms with Crippen molar-refractivity contribution in [2.45, 2.75) is 40.2 Å². The molecule has 2 fully saturated rings. The van der Waals surface area contributed by atoms with Gasteiger partial charge in [-0.25, -0.2) is 0 Å². The van der Waals surface area contributed by atoms with Crippen LogP contribution in [0.1, 0.15) is 39.2 Å². The van der Waals surface area contributed by atoms with Gasteiger partial charge in [0, 0.05) is 17.0 Å². The van der Waals surface area contributed by atoms with E-state index in [0.717, 1.165) is 5.56 Å². The molecule has 4 nitrogen and oxygen atoms in total. The Hall–Kier alpha value is -1.68. The second-order valence-corrected chi connectivity index (χ2v) is 7.70. The van der Waals surface area contributed by atoms with Gasteiger partial charge >= 0.3 is 0 Å². The number of rotatable bonds is 3. The van der Waals surface area contributed by atoms with Crippen LogP contribution >= 0.6 is 11.6 Å². The highest BCUT2D eigenvalue weighted by molar-refractivity contribution is 6.48. The van der Waals surface area contributed by atoms with E-state index in [2.05, 4.69) is 5.32 Å². The average molecular weight is 334 g/mol. The van der Waals surface area contributed by atoms with Crippen molar-refractivity contribution >= 4 is 29.1 Å². The van der Waals surface area contributed by atoms with Gasteiger partial charge in [0.05, 0.1) is 0 Å². The zero-order valence-electron chi connectivity index (χ0n) is 13.5. The highest BCUT2D eigenvalue weighted by atomic mass is 35.5. The van der Waals surface area contributed by atoms with Gasteiger partial charge in [-0.2, -0.15) is 0 Å². The summed E-state index contributed by atoms with van der Waals surface area (Å²) in [5, 5.41) is 3.39. The topological polar surface area (TPSA) is 63.2 Å². The molecular weight excluding hydrogens is 314 g/mol. The summed E-state index contributed by atoms with van der Waals surface area (Å²) in [5.74, 6) is -1.29. The van der Waals surface area contributed by atoms with Crippen LogP contribution in [0.2, 0.25) is 5.02 Å². The van der Waals surface area contributed by atoms with Crippen LogP contribution in [0.4, 0.5) is 0 Å². The van der Waals surface area contributed by atoms with Crippen LogP contribution in [0, 0.1) is 16.2 Å². The summed E-state index contributed by atoms with van der Waals surface area (Å²) in [5.41, 5.74) is -1.89. The van der Waals surface area contributed by atoms with Crippen molar-refractivity contribution < 1.29 is 14.4 Å². The van der Waals surface area contributed by atoms with Gasteiger partial charge in [0.15, 0.2) is 0 Å². The zero-order valence-corrected chi connectivity index (χ0v) is 14.3. The van der Waals surface area contributed by atoms with Crippen LogP contribution in [0.15, 0.2) is 24.3 Å². The fraction of sp³-hybridized carbons (Fsp3) is 0.500. The van der Waals surface area contributed by atoms with Gasteiger partial charge in [-0.05, 0) is 29.9 Å². The molecule has 2 atom stereocenters. The number of halogens is 1. The van der Waals surface area contributed by atoms with Gasteiger partial charge in [-0.1, -0.05) is 50.6 Å². The zero-order chi connectivity index (χ0) is 17.0. The lowest BCUT2D eigenvalue weighted by molar-refractivity contribution is -0.149. The molecule has 0 saturated heterocycles. The number of Topliss-reactive ketones (excluding diaryl/α,β-unsaturated/α-hetero) is 2. The summed E-state index contributed by atoms with van der Waals surface area (Å²) in [4.78, 5) is 37.9. The van der Waals surface area contributed by atoms with E-state index < -0.39 is 27.8 Å². The van der Waals surface area contributed by atoms with Crippen molar-refractivity contribution in [2.75, 3.05) is 0 Å². The highest BCUT2D eigenvalue weighted by Crippen LogP contribution is 2.68. The predicted molar refractivity (Wildman–Crippen MR) is 86.9 cm³/mol. The average Bonchev–Trinajstić information content (AvgIpc) is 2.78. The first-order valence-electron chi connectivity index (χ1n) is 7.79. The van der Waals surface area contributed by atoms with Gasteiger partial charge in [0.1, 0.15) is 5.41 Å². The third kappa shape index (κ3) is 1.81. The Morgan fingerprint density at radius 3 is 2.35 bits per heavy atom. The molecule has 0 aliphatic heterocycles. The number of carbonyl (C=O) groups is 3. The van der Waals surface area contributed by atoms with Crippen LogP contribution < -0.4 is 5.32 Å². The molecule has 1 aromatic carbocycles. The molecular formula is C18H20ClNO3. The molecule has 122 valence electrons. The Morgan fingerprint density at radius 1 is 1.13 bits per heavy atom. The van der Waals surface area contributed by atoms with Crippen LogP contribution in [0.3, 0.4) is 0 Å². The summed E-state index contributed by atoms with van der Waals surface area (Å²) in [7, 11) is 0. The smallest absolute Gasteiger partial charge is 0.235 e. The molecule has 2 aliphatic rings. The lowest BCUT2D eigenvalue weighted by atomic mass is 9.64. The maximum absolute atomic E-state index is 12.9. The van der Waals surface area contributed by atoms with E-state index in [9.17, 15) is 14.4 Å². The number of hydrogen-bond donors (Lipinski definition) is 1. The predicted octanol–water partition coefficient (Wildman–Crippen LogP) is 2.92. The molecule has 2 saturated carbocycles. The Bertz CT molecular complexity index is 727. The van der Waals surface area contributed by atoms with Gasteiger partial charge in [0.25, 0.3) is 0 Å². The molecule has 0 radical (unpaired) electrons.